The summed E-state index contributed by atoms with van der Waals surface area (Å²) in [6.07, 6.45) is 1.91. The quantitative estimate of drug-likeness (QED) is 0.262. The first kappa shape index (κ1) is 31.2. The van der Waals surface area contributed by atoms with Crippen molar-refractivity contribution in [2.24, 2.45) is 5.92 Å². The minimum absolute atomic E-state index is 0.0408. The monoisotopic (exact) mass is 613 g/mol. The van der Waals surface area contributed by atoms with Crippen LogP contribution in [0.2, 0.25) is 5.04 Å². The normalized spacial score (nSPS) is 14.1. The van der Waals surface area contributed by atoms with E-state index in [1.807, 2.05) is 74.5 Å². The Hall–Kier alpha value is -2.76. The summed E-state index contributed by atoms with van der Waals surface area (Å²) in [6.45, 7) is 7.62. The number of aryl methyl sites for hydroxylation is 1. The summed E-state index contributed by atoms with van der Waals surface area (Å²) in [7, 11) is -10.9. The van der Waals surface area contributed by atoms with Crippen molar-refractivity contribution in [3.05, 3.63) is 90.1 Å². The molecule has 220 valence electrons. The van der Waals surface area contributed by atoms with Crippen molar-refractivity contribution >= 4 is 49.5 Å². The minimum atomic E-state index is -3.85. The van der Waals surface area contributed by atoms with Crippen LogP contribution in [0.5, 0.6) is 0 Å². The van der Waals surface area contributed by atoms with E-state index in [-0.39, 0.29) is 22.0 Å². The van der Waals surface area contributed by atoms with Gasteiger partial charge in [0.2, 0.25) is 10.0 Å². The molecular formula is C31H39NO6S2Si. The first-order chi connectivity index (χ1) is 19.0. The lowest BCUT2D eigenvalue weighted by molar-refractivity contribution is 0.122. The van der Waals surface area contributed by atoms with Gasteiger partial charge in [-0.1, -0.05) is 88.4 Å². The van der Waals surface area contributed by atoms with E-state index in [2.05, 4.69) is 0 Å². The fourth-order valence-corrected chi connectivity index (χ4v) is 11.4. The molecule has 0 radical (unpaired) electrons. The molecule has 0 saturated heterocycles. The molecule has 41 heavy (non-hydrogen) atoms. The Kier molecular flexibility index (Phi) is 8.48. The van der Waals surface area contributed by atoms with Crippen molar-refractivity contribution in [2.45, 2.75) is 56.6 Å². The summed E-state index contributed by atoms with van der Waals surface area (Å²) in [4.78, 5) is 12.6. The zero-order valence-electron chi connectivity index (χ0n) is 24.4. The fraction of sp³-hybridized carbons (Fsp3) is 0.355. The van der Waals surface area contributed by atoms with E-state index in [1.54, 1.807) is 26.0 Å². The smallest absolute Gasteiger partial charge is 0.258 e. The first-order valence-electron chi connectivity index (χ1n) is 13.6. The number of rotatable bonds is 10. The first-order valence-corrected chi connectivity index (χ1v) is 19.3. The van der Waals surface area contributed by atoms with Crippen LogP contribution in [-0.2, 0) is 26.3 Å². The Morgan fingerprint density at radius 3 is 1.80 bits per heavy atom. The van der Waals surface area contributed by atoms with E-state index in [9.17, 15) is 26.7 Å². The molecule has 1 atom stereocenters. The highest BCUT2D eigenvalue weighted by atomic mass is 32.2. The van der Waals surface area contributed by atoms with Crippen LogP contribution < -0.4 is 10.4 Å². The van der Waals surface area contributed by atoms with E-state index < -0.39 is 39.3 Å². The van der Waals surface area contributed by atoms with Gasteiger partial charge in [-0.2, -0.15) is 0 Å². The third kappa shape index (κ3) is 5.94. The van der Waals surface area contributed by atoms with Crippen LogP contribution in [0.15, 0.2) is 83.8 Å². The topological polar surface area (TPSA) is 114 Å². The molecule has 10 heteroatoms. The number of aliphatic hydroxyl groups excluding tert-OH is 1. The molecular weight excluding hydrogens is 575 g/mol. The van der Waals surface area contributed by atoms with Gasteiger partial charge in [0.05, 0.1) is 28.5 Å². The molecule has 0 aliphatic heterocycles. The van der Waals surface area contributed by atoms with Crippen LogP contribution in [0, 0.1) is 5.92 Å². The van der Waals surface area contributed by atoms with Gasteiger partial charge >= 0.3 is 0 Å². The summed E-state index contributed by atoms with van der Waals surface area (Å²) in [5.41, 5.74) is 0.955. The van der Waals surface area contributed by atoms with Crippen molar-refractivity contribution < 1.29 is 26.7 Å². The van der Waals surface area contributed by atoms with Crippen molar-refractivity contribution in [1.82, 2.24) is 3.97 Å². The molecule has 4 aromatic rings. The Morgan fingerprint density at radius 1 is 0.854 bits per heavy atom. The number of sulfone groups is 1. The van der Waals surface area contributed by atoms with Gasteiger partial charge in [0.1, 0.15) is 0 Å². The van der Waals surface area contributed by atoms with Crippen LogP contribution >= 0.6 is 0 Å². The Labute approximate surface area is 244 Å². The number of hydrogen-bond acceptors (Lipinski definition) is 6. The van der Waals surface area contributed by atoms with Crippen molar-refractivity contribution in [2.75, 3.05) is 12.5 Å². The summed E-state index contributed by atoms with van der Waals surface area (Å²) < 4.78 is 52.7. The number of aliphatic hydroxyl groups is 1. The predicted octanol–water partition coefficient (Wildman–Crippen LogP) is 4.01. The molecule has 1 heterocycles. The van der Waals surface area contributed by atoms with Crippen molar-refractivity contribution in [3.8, 4) is 0 Å². The predicted molar refractivity (Wildman–Crippen MR) is 168 cm³/mol. The highest BCUT2D eigenvalue weighted by Crippen LogP contribution is 2.41. The zero-order chi connectivity index (χ0) is 30.4. The standard InChI is InChI=1S/C31H39NO6S2Si/c1-22(2)30(33)28-20-24-19-23(29(39(5,34)35)21-27(24)32(28)40(6,36)37)17-18-31(3,4)41(38,25-13-9-7-10-14-25)26-15-11-8-12-16-26/h7-16,19-22,30,33,38H,17-18H2,1-6H3. The number of hydrogen-bond donors (Lipinski definition) is 2. The lowest BCUT2D eigenvalue weighted by Gasteiger charge is -2.41. The molecule has 2 N–H and O–H groups in total. The summed E-state index contributed by atoms with van der Waals surface area (Å²) >= 11 is 0. The van der Waals surface area contributed by atoms with Gasteiger partial charge in [0, 0.05) is 11.6 Å². The van der Waals surface area contributed by atoms with Gasteiger partial charge in [-0.05, 0) is 57.9 Å². The van der Waals surface area contributed by atoms with Gasteiger partial charge < -0.3 is 9.90 Å². The molecule has 0 aliphatic carbocycles. The maximum Gasteiger partial charge on any atom is 0.258 e. The maximum atomic E-state index is 13.0. The Morgan fingerprint density at radius 2 is 1.37 bits per heavy atom. The van der Waals surface area contributed by atoms with E-state index in [0.29, 0.717) is 23.8 Å². The lowest BCUT2D eigenvalue weighted by atomic mass is 10.00. The highest BCUT2D eigenvalue weighted by molar-refractivity contribution is 7.90. The summed E-state index contributed by atoms with van der Waals surface area (Å²) in [6, 6.07) is 24.0. The zero-order valence-corrected chi connectivity index (χ0v) is 27.0. The van der Waals surface area contributed by atoms with Gasteiger partial charge in [-0.3, -0.25) is 0 Å². The molecule has 1 unspecified atom stereocenters. The van der Waals surface area contributed by atoms with Crippen LogP contribution in [-0.4, -0.2) is 51.5 Å². The fourth-order valence-electron chi connectivity index (χ4n) is 5.67. The van der Waals surface area contributed by atoms with E-state index in [1.165, 1.54) is 6.07 Å². The molecule has 0 aliphatic rings. The minimum Gasteiger partial charge on any atom is -0.424 e. The molecule has 7 nitrogen and oxygen atoms in total. The van der Waals surface area contributed by atoms with Gasteiger partial charge in [-0.25, -0.2) is 20.8 Å². The summed E-state index contributed by atoms with van der Waals surface area (Å²) in [5, 5.41) is 12.5. The average Bonchev–Trinajstić information content (AvgIpc) is 3.30. The Bertz CT molecular complexity index is 1720. The van der Waals surface area contributed by atoms with E-state index >= 15 is 0 Å². The second kappa shape index (κ2) is 11.1. The van der Waals surface area contributed by atoms with Gasteiger partial charge in [0.15, 0.2) is 9.84 Å². The molecule has 3 aromatic carbocycles. The van der Waals surface area contributed by atoms with Crippen LogP contribution in [0.4, 0.5) is 0 Å². The average molecular weight is 614 g/mol. The second-order valence-electron chi connectivity index (χ2n) is 11.9. The number of benzene rings is 3. The number of fused-ring (bicyclic) bond motifs is 1. The maximum absolute atomic E-state index is 13.0. The number of aromatic nitrogens is 1. The largest absolute Gasteiger partial charge is 0.424 e. The number of nitrogens with zero attached hydrogens (tertiary/aromatic N) is 1. The van der Waals surface area contributed by atoms with Crippen molar-refractivity contribution in [1.29, 1.82) is 0 Å². The third-order valence-corrected chi connectivity index (χ3v) is 14.8. The molecule has 0 spiro atoms. The van der Waals surface area contributed by atoms with Crippen LogP contribution in [0.3, 0.4) is 0 Å². The van der Waals surface area contributed by atoms with Crippen LogP contribution in [0.1, 0.15) is 51.5 Å². The van der Waals surface area contributed by atoms with E-state index in [4.69, 9.17) is 0 Å². The lowest BCUT2D eigenvalue weighted by Crippen LogP contribution is -2.65. The van der Waals surface area contributed by atoms with Crippen LogP contribution in [0.25, 0.3) is 10.9 Å². The van der Waals surface area contributed by atoms with Gasteiger partial charge in [-0.15, -0.1) is 0 Å². The van der Waals surface area contributed by atoms with Crippen molar-refractivity contribution in [3.63, 3.8) is 0 Å². The third-order valence-electron chi connectivity index (χ3n) is 8.01. The molecule has 4 rings (SSSR count). The molecule has 1 aromatic heterocycles. The van der Waals surface area contributed by atoms with E-state index in [0.717, 1.165) is 26.9 Å². The van der Waals surface area contributed by atoms with Gasteiger partial charge in [0.25, 0.3) is 8.32 Å². The molecule has 0 fully saturated rings. The molecule has 0 saturated carbocycles. The SMILES string of the molecule is CC(C)C(O)c1cc2cc(CCC(C)(C)[Si](O)(c3ccccc3)c3ccccc3)c(S(C)(=O)=O)cc2n1S(C)(=O)=O. The molecule has 0 amide bonds. The summed E-state index contributed by atoms with van der Waals surface area (Å²) in [5.74, 6) is -0.256. The Balaban J connectivity index is 1.86. The molecule has 0 bridgehead atoms. The highest BCUT2D eigenvalue weighted by Gasteiger charge is 2.49. The second-order valence-corrected chi connectivity index (χ2v) is 19.6.